The summed E-state index contributed by atoms with van der Waals surface area (Å²) in [6, 6.07) is 13.0. The number of amides is 1. The van der Waals surface area contributed by atoms with Gasteiger partial charge in [-0.2, -0.15) is 0 Å². The molecular formula is C20H24N2O4S. The van der Waals surface area contributed by atoms with Crippen molar-refractivity contribution in [2.24, 2.45) is 0 Å². The topological polar surface area (TPSA) is 75.7 Å². The van der Waals surface area contributed by atoms with Gasteiger partial charge >= 0.3 is 0 Å². The first-order valence-corrected chi connectivity index (χ1v) is 10.8. The first-order chi connectivity index (χ1) is 12.8. The number of sulfonamides is 1. The summed E-state index contributed by atoms with van der Waals surface area (Å²) < 4.78 is 31.6. The van der Waals surface area contributed by atoms with E-state index in [1.807, 2.05) is 37.3 Å². The molecular weight excluding hydrogens is 364 g/mol. The van der Waals surface area contributed by atoms with Crippen molar-refractivity contribution in [2.75, 3.05) is 22.4 Å². The molecule has 2 aromatic carbocycles. The molecule has 7 heteroatoms. The quantitative estimate of drug-likeness (QED) is 0.873. The van der Waals surface area contributed by atoms with Crippen molar-refractivity contribution in [1.29, 1.82) is 0 Å². The Hall–Kier alpha value is -2.54. The first-order valence-electron chi connectivity index (χ1n) is 8.92. The molecule has 1 amide bonds. The lowest BCUT2D eigenvalue weighted by Crippen LogP contribution is -2.35. The van der Waals surface area contributed by atoms with Crippen LogP contribution in [-0.4, -0.2) is 33.2 Å². The summed E-state index contributed by atoms with van der Waals surface area (Å²) >= 11 is 0. The van der Waals surface area contributed by atoms with E-state index in [-0.39, 0.29) is 18.9 Å². The molecule has 0 aliphatic carbocycles. The zero-order chi connectivity index (χ0) is 19.6. The third kappa shape index (κ3) is 4.42. The van der Waals surface area contributed by atoms with Gasteiger partial charge in [0.1, 0.15) is 5.75 Å². The van der Waals surface area contributed by atoms with Crippen molar-refractivity contribution in [3.8, 4) is 5.75 Å². The Labute approximate surface area is 160 Å². The largest absolute Gasteiger partial charge is 0.478 e. The highest BCUT2D eigenvalue weighted by Gasteiger charge is 2.31. The predicted octanol–water partition coefficient (Wildman–Crippen LogP) is 3.11. The third-order valence-corrected chi connectivity index (χ3v) is 5.75. The van der Waals surface area contributed by atoms with Crippen LogP contribution in [0.1, 0.15) is 24.5 Å². The van der Waals surface area contributed by atoms with Gasteiger partial charge in [-0.15, -0.1) is 0 Å². The van der Waals surface area contributed by atoms with Crippen LogP contribution in [0.4, 0.5) is 11.4 Å². The highest BCUT2D eigenvalue weighted by molar-refractivity contribution is 7.92. The summed E-state index contributed by atoms with van der Waals surface area (Å²) in [5.41, 5.74) is 3.27. The van der Waals surface area contributed by atoms with Gasteiger partial charge in [0.05, 0.1) is 11.9 Å². The molecule has 0 fully saturated rings. The SMILES string of the molecule is CCc1ccc(NC(=O)[C@H]2CCN(S(C)(=O)=O)c3cc(C)ccc3O2)cc1. The summed E-state index contributed by atoms with van der Waals surface area (Å²) in [7, 11) is -3.47. The Morgan fingerprint density at radius 3 is 2.56 bits per heavy atom. The molecule has 1 aliphatic heterocycles. The van der Waals surface area contributed by atoms with Crippen LogP contribution >= 0.6 is 0 Å². The molecule has 0 aromatic heterocycles. The molecule has 1 heterocycles. The Morgan fingerprint density at radius 1 is 1.22 bits per heavy atom. The molecule has 1 aliphatic rings. The molecule has 1 N–H and O–H groups in total. The van der Waals surface area contributed by atoms with Gasteiger partial charge in [-0.25, -0.2) is 8.42 Å². The fraction of sp³-hybridized carbons (Fsp3) is 0.350. The average Bonchev–Trinajstić information content (AvgIpc) is 2.81. The lowest BCUT2D eigenvalue weighted by atomic mass is 10.1. The van der Waals surface area contributed by atoms with Crippen molar-refractivity contribution in [2.45, 2.75) is 32.8 Å². The normalized spacial score (nSPS) is 16.9. The number of fused-ring (bicyclic) bond motifs is 1. The maximum absolute atomic E-state index is 12.7. The van der Waals surface area contributed by atoms with Crippen molar-refractivity contribution in [1.82, 2.24) is 0 Å². The number of hydrogen-bond acceptors (Lipinski definition) is 4. The van der Waals surface area contributed by atoms with Gasteiger partial charge in [0, 0.05) is 18.7 Å². The minimum atomic E-state index is -3.47. The van der Waals surface area contributed by atoms with Crippen molar-refractivity contribution >= 4 is 27.3 Å². The minimum absolute atomic E-state index is 0.183. The smallest absolute Gasteiger partial charge is 0.265 e. The molecule has 27 heavy (non-hydrogen) atoms. The second-order valence-electron chi connectivity index (χ2n) is 6.74. The van der Waals surface area contributed by atoms with Crippen molar-refractivity contribution in [3.05, 3.63) is 53.6 Å². The summed E-state index contributed by atoms with van der Waals surface area (Å²) in [6.07, 6.45) is 1.58. The molecule has 0 radical (unpaired) electrons. The van der Waals surface area contributed by atoms with Crippen molar-refractivity contribution < 1.29 is 17.9 Å². The first kappa shape index (κ1) is 19.2. The number of benzene rings is 2. The predicted molar refractivity (Wildman–Crippen MR) is 107 cm³/mol. The molecule has 2 aromatic rings. The lowest BCUT2D eigenvalue weighted by molar-refractivity contribution is -0.122. The number of anilines is 2. The van der Waals surface area contributed by atoms with Gasteiger partial charge in [-0.3, -0.25) is 9.10 Å². The summed E-state index contributed by atoms with van der Waals surface area (Å²) in [6.45, 7) is 4.14. The van der Waals surface area contributed by atoms with E-state index in [0.717, 1.165) is 18.2 Å². The van der Waals surface area contributed by atoms with Crippen LogP contribution in [0.15, 0.2) is 42.5 Å². The maximum Gasteiger partial charge on any atom is 0.265 e. The monoisotopic (exact) mass is 388 g/mol. The van der Waals surface area contributed by atoms with E-state index in [9.17, 15) is 13.2 Å². The molecule has 1 atom stereocenters. The zero-order valence-corrected chi connectivity index (χ0v) is 16.5. The Bertz CT molecular complexity index is 939. The van der Waals surface area contributed by atoms with Gasteiger partial charge in [0.15, 0.2) is 6.10 Å². The van der Waals surface area contributed by atoms with Gasteiger partial charge in [-0.05, 0) is 48.7 Å². The molecule has 0 saturated carbocycles. The number of aryl methyl sites for hydroxylation is 2. The van der Waals surface area contributed by atoms with Crippen LogP contribution in [0.2, 0.25) is 0 Å². The van der Waals surface area contributed by atoms with E-state index in [0.29, 0.717) is 17.1 Å². The standard InChI is InChI=1S/C20H24N2O4S/c1-4-15-6-8-16(9-7-15)21-20(23)19-11-12-22(27(3,24)25)17-13-14(2)5-10-18(17)26-19/h5-10,13,19H,4,11-12H2,1-3H3,(H,21,23)/t19-/m1/s1. The molecule has 144 valence electrons. The highest BCUT2D eigenvalue weighted by atomic mass is 32.2. The number of ether oxygens (including phenoxy) is 1. The van der Waals surface area contributed by atoms with E-state index in [1.165, 1.54) is 9.87 Å². The fourth-order valence-corrected chi connectivity index (χ4v) is 4.00. The highest BCUT2D eigenvalue weighted by Crippen LogP contribution is 2.35. The van der Waals surface area contributed by atoms with Crippen LogP contribution in [0.3, 0.4) is 0 Å². The molecule has 0 saturated heterocycles. The second kappa shape index (κ2) is 7.60. The van der Waals surface area contributed by atoms with E-state index >= 15 is 0 Å². The number of hydrogen-bond donors (Lipinski definition) is 1. The van der Waals surface area contributed by atoms with Crippen LogP contribution < -0.4 is 14.4 Å². The molecule has 6 nitrogen and oxygen atoms in total. The molecule has 0 spiro atoms. The van der Waals surface area contributed by atoms with Gasteiger partial charge < -0.3 is 10.1 Å². The average molecular weight is 388 g/mol. The van der Waals surface area contributed by atoms with E-state index in [4.69, 9.17) is 4.74 Å². The number of rotatable bonds is 4. The summed E-state index contributed by atoms with van der Waals surface area (Å²) in [4.78, 5) is 12.7. The number of carbonyl (C=O) groups excluding carboxylic acids is 1. The number of nitrogens with one attached hydrogen (secondary N) is 1. The molecule has 0 unspecified atom stereocenters. The molecule has 0 bridgehead atoms. The van der Waals surface area contributed by atoms with Gasteiger partial charge in [0.2, 0.25) is 10.0 Å². The number of nitrogens with zero attached hydrogens (tertiary/aromatic N) is 1. The second-order valence-corrected chi connectivity index (χ2v) is 8.65. The zero-order valence-electron chi connectivity index (χ0n) is 15.7. The Morgan fingerprint density at radius 2 is 1.93 bits per heavy atom. The maximum atomic E-state index is 12.7. The van der Waals surface area contributed by atoms with Crippen LogP contribution in [0.25, 0.3) is 0 Å². The van der Waals surface area contributed by atoms with Crippen LogP contribution in [-0.2, 0) is 21.2 Å². The summed E-state index contributed by atoms with van der Waals surface area (Å²) in [5.74, 6) is 0.103. The van der Waals surface area contributed by atoms with Crippen molar-refractivity contribution in [3.63, 3.8) is 0 Å². The van der Waals surface area contributed by atoms with E-state index in [1.54, 1.807) is 12.1 Å². The summed E-state index contributed by atoms with van der Waals surface area (Å²) in [5, 5.41) is 2.85. The third-order valence-electron chi connectivity index (χ3n) is 4.57. The Balaban J connectivity index is 1.83. The van der Waals surface area contributed by atoms with Gasteiger partial charge in [-0.1, -0.05) is 25.1 Å². The minimum Gasteiger partial charge on any atom is -0.478 e. The van der Waals surface area contributed by atoms with E-state index < -0.39 is 16.1 Å². The van der Waals surface area contributed by atoms with E-state index in [2.05, 4.69) is 12.2 Å². The fourth-order valence-electron chi connectivity index (χ4n) is 3.06. The van der Waals surface area contributed by atoms with Crippen LogP contribution in [0.5, 0.6) is 5.75 Å². The lowest BCUT2D eigenvalue weighted by Gasteiger charge is -2.21. The van der Waals surface area contributed by atoms with Gasteiger partial charge in [0.25, 0.3) is 5.91 Å². The number of carbonyl (C=O) groups is 1. The Kier molecular flexibility index (Phi) is 5.41. The van der Waals surface area contributed by atoms with Crippen LogP contribution in [0, 0.1) is 6.92 Å². The molecule has 3 rings (SSSR count).